The number of benzene rings is 1. The van der Waals surface area contributed by atoms with E-state index in [1.165, 1.54) is 6.26 Å². The molecule has 26 heavy (non-hydrogen) atoms. The zero-order valence-electron chi connectivity index (χ0n) is 13.9. The number of allylic oxidation sites excluding steroid dienone is 4. The first kappa shape index (κ1) is 15.1. The van der Waals surface area contributed by atoms with Crippen LogP contribution >= 0.6 is 0 Å². The highest BCUT2D eigenvalue weighted by molar-refractivity contribution is 6.28. The highest BCUT2D eigenvalue weighted by Crippen LogP contribution is 2.45. The summed E-state index contributed by atoms with van der Waals surface area (Å²) in [5.41, 5.74) is 3.52. The molecule has 1 aliphatic heterocycles. The number of carbonyl (C=O) groups is 3. The zero-order chi connectivity index (χ0) is 17.8. The van der Waals surface area contributed by atoms with E-state index in [9.17, 15) is 14.4 Å². The van der Waals surface area contributed by atoms with Gasteiger partial charge in [-0.15, -0.1) is 0 Å². The van der Waals surface area contributed by atoms with Crippen LogP contribution in [0.4, 0.5) is 0 Å². The molecule has 1 aromatic heterocycles. The van der Waals surface area contributed by atoms with Gasteiger partial charge in [0.05, 0.1) is 18.2 Å². The molecule has 2 aromatic rings. The Labute approximate surface area is 149 Å². The van der Waals surface area contributed by atoms with Gasteiger partial charge in [0, 0.05) is 45.9 Å². The van der Waals surface area contributed by atoms with Crippen molar-refractivity contribution in [1.29, 1.82) is 0 Å². The van der Waals surface area contributed by atoms with Gasteiger partial charge < -0.3 is 9.73 Å². The Morgan fingerprint density at radius 2 is 1.69 bits per heavy atom. The summed E-state index contributed by atoms with van der Waals surface area (Å²) in [6.45, 7) is 0. The fourth-order valence-electron chi connectivity index (χ4n) is 4.19. The number of carbonyl (C=O) groups excluding carboxylic acids is 3. The molecule has 5 nitrogen and oxygen atoms in total. The highest BCUT2D eigenvalue weighted by atomic mass is 16.3. The molecule has 0 amide bonds. The molecule has 0 saturated carbocycles. The van der Waals surface area contributed by atoms with Gasteiger partial charge in [0.15, 0.2) is 11.6 Å². The van der Waals surface area contributed by atoms with Crippen molar-refractivity contribution in [1.82, 2.24) is 5.32 Å². The molecule has 1 N–H and O–H groups in total. The maximum Gasteiger partial charge on any atom is 0.210 e. The Morgan fingerprint density at radius 3 is 2.42 bits per heavy atom. The van der Waals surface area contributed by atoms with E-state index in [0.717, 1.165) is 17.7 Å². The first-order valence-corrected chi connectivity index (χ1v) is 8.64. The van der Waals surface area contributed by atoms with Crippen LogP contribution < -0.4 is 5.32 Å². The average Bonchev–Trinajstić information content (AvgIpc) is 3.19. The van der Waals surface area contributed by atoms with Crippen LogP contribution in [0, 0.1) is 0 Å². The van der Waals surface area contributed by atoms with Crippen molar-refractivity contribution in [3.63, 3.8) is 0 Å². The van der Waals surface area contributed by atoms with Gasteiger partial charge >= 0.3 is 0 Å². The monoisotopic (exact) mass is 345 g/mol. The minimum atomic E-state index is -0.558. The van der Waals surface area contributed by atoms with E-state index in [2.05, 4.69) is 5.32 Å². The van der Waals surface area contributed by atoms with Crippen molar-refractivity contribution in [2.45, 2.75) is 25.2 Å². The van der Waals surface area contributed by atoms with Crippen LogP contribution in [0.5, 0.6) is 0 Å². The number of Topliss-reactive ketones (excluding diaryl/α,β-unsaturated/α-hetero) is 3. The van der Waals surface area contributed by atoms with Crippen LogP contribution in [0.3, 0.4) is 0 Å². The molecular formula is C21H15NO4. The Balaban J connectivity index is 1.77. The molecular weight excluding hydrogens is 330 g/mol. The average molecular weight is 345 g/mol. The summed E-state index contributed by atoms with van der Waals surface area (Å²) < 4.78 is 5.22. The number of furan rings is 1. The number of hydrogen-bond acceptors (Lipinski definition) is 5. The molecule has 0 saturated heterocycles. The fourth-order valence-corrected chi connectivity index (χ4v) is 4.19. The molecule has 2 aliphatic carbocycles. The van der Waals surface area contributed by atoms with Crippen molar-refractivity contribution in [2.75, 3.05) is 0 Å². The minimum absolute atomic E-state index is 0.0237. The Kier molecular flexibility index (Phi) is 3.13. The van der Waals surface area contributed by atoms with Gasteiger partial charge in [-0.2, -0.15) is 0 Å². The van der Waals surface area contributed by atoms with Gasteiger partial charge in [0.25, 0.3) is 0 Å². The zero-order valence-corrected chi connectivity index (χ0v) is 13.9. The lowest BCUT2D eigenvalue weighted by Gasteiger charge is -2.36. The molecule has 5 rings (SSSR count). The molecule has 0 spiro atoms. The molecule has 3 aliphatic rings. The van der Waals surface area contributed by atoms with Crippen molar-refractivity contribution in [3.8, 4) is 0 Å². The van der Waals surface area contributed by atoms with Gasteiger partial charge in [-0.05, 0) is 18.9 Å². The number of ketones is 3. The van der Waals surface area contributed by atoms with Crippen LogP contribution in [-0.4, -0.2) is 17.3 Å². The lowest BCUT2D eigenvalue weighted by atomic mass is 9.71. The van der Waals surface area contributed by atoms with E-state index < -0.39 is 5.92 Å². The summed E-state index contributed by atoms with van der Waals surface area (Å²) in [5, 5.41) is 3.14. The molecule has 1 unspecified atom stereocenters. The smallest absolute Gasteiger partial charge is 0.210 e. The molecule has 0 radical (unpaired) electrons. The number of nitrogens with one attached hydrogen (secondary N) is 1. The summed E-state index contributed by atoms with van der Waals surface area (Å²) in [4.78, 5) is 39.0. The maximum atomic E-state index is 13.3. The van der Waals surface area contributed by atoms with Gasteiger partial charge in [0.1, 0.15) is 0 Å². The fraction of sp³-hybridized carbons (Fsp3) is 0.190. The number of rotatable bonds is 1. The maximum absolute atomic E-state index is 13.3. The standard InChI is InChI=1S/C21H15NO4/c23-15-7-3-6-14-17(15)16(11-8-9-26-10-11)18-19(22-14)21(25)13-5-2-1-4-12(13)20(18)24/h1-2,4-5,8-10,16,22H,3,6-7H2. The van der Waals surface area contributed by atoms with E-state index in [1.807, 2.05) is 0 Å². The van der Waals surface area contributed by atoms with Crippen LogP contribution in [-0.2, 0) is 4.79 Å². The molecule has 1 atom stereocenters. The van der Waals surface area contributed by atoms with E-state index in [1.54, 1.807) is 36.6 Å². The summed E-state index contributed by atoms with van der Waals surface area (Å²) >= 11 is 0. The summed E-state index contributed by atoms with van der Waals surface area (Å²) in [7, 11) is 0. The second kappa shape index (κ2) is 5.39. The lowest BCUT2D eigenvalue weighted by molar-refractivity contribution is -0.116. The summed E-state index contributed by atoms with van der Waals surface area (Å²) in [5.74, 6) is -0.944. The predicted molar refractivity (Wildman–Crippen MR) is 92.6 cm³/mol. The third kappa shape index (κ3) is 1.94. The minimum Gasteiger partial charge on any atom is -0.472 e. The van der Waals surface area contributed by atoms with E-state index in [0.29, 0.717) is 40.8 Å². The number of hydrogen-bond donors (Lipinski definition) is 1. The molecule has 2 heterocycles. The molecule has 128 valence electrons. The van der Waals surface area contributed by atoms with Crippen molar-refractivity contribution < 1.29 is 18.8 Å². The van der Waals surface area contributed by atoms with Crippen LogP contribution in [0.25, 0.3) is 0 Å². The van der Waals surface area contributed by atoms with Crippen LogP contribution in [0.15, 0.2) is 69.8 Å². The lowest BCUT2D eigenvalue weighted by Crippen LogP contribution is -2.39. The Hall–Kier alpha value is -3.21. The molecule has 1 aromatic carbocycles. The normalized spacial score (nSPS) is 22.0. The topological polar surface area (TPSA) is 76.4 Å². The first-order valence-electron chi connectivity index (χ1n) is 8.64. The molecule has 5 heteroatoms. The van der Waals surface area contributed by atoms with Crippen molar-refractivity contribution in [3.05, 3.63) is 82.1 Å². The first-order chi connectivity index (χ1) is 12.7. The Bertz CT molecular complexity index is 1040. The third-order valence-corrected chi connectivity index (χ3v) is 5.34. The molecule has 0 bridgehead atoms. The second-order valence-corrected chi connectivity index (χ2v) is 6.78. The molecule has 0 fully saturated rings. The van der Waals surface area contributed by atoms with Crippen molar-refractivity contribution in [2.24, 2.45) is 0 Å². The second-order valence-electron chi connectivity index (χ2n) is 6.78. The van der Waals surface area contributed by atoms with Gasteiger partial charge in [-0.1, -0.05) is 24.3 Å². The predicted octanol–water partition coefficient (Wildman–Crippen LogP) is 3.31. The Morgan fingerprint density at radius 1 is 0.923 bits per heavy atom. The summed E-state index contributed by atoms with van der Waals surface area (Å²) in [6, 6.07) is 8.59. The van der Waals surface area contributed by atoms with Crippen molar-refractivity contribution >= 4 is 17.3 Å². The number of dihydropyridines is 1. The highest BCUT2D eigenvalue weighted by Gasteiger charge is 2.44. The quantitative estimate of drug-likeness (QED) is 0.858. The third-order valence-electron chi connectivity index (χ3n) is 5.34. The van der Waals surface area contributed by atoms with Gasteiger partial charge in [-0.25, -0.2) is 0 Å². The van der Waals surface area contributed by atoms with E-state index in [4.69, 9.17) is 4.42 Å². The van der Waals surface area contributed by atoms with Crippen LogP contribution in [0.1, 0.15) is 51.5 Å². The van der Waals surface area contributed by atoms with Gasteiger partial charge in [0.2, 0.25) is 5.78 Å². The van der Waals surface area contributed by atoms with E-state index >= 15 is 0 Å². The SMILES string of the molecule is O=C1CCCC2=C1C(c1ccoc1)C1=C(N2)C(=O)c2ccccc2C1=O. The van der Waals surface area contributed by atoms with E-state index in [-0.39, 0.29) is 17.3 Å². The van der Waals surface area contributed by atoms with Gasteiger partial charge in [-0.3, -0.25) is 14.4 Å². The summed E-state index contributed by atoms with van der Waals surface area (Å²) in [6.07, 6.45) is 4.95. The number of fused-ring (bicyclic) bond motifs is 1. The largest absolute Gasteiger partial charge is 0.472 e. The van der Waals surface area contributed by atoms with Crippen LogP contribution in [0.2, 0.25) is 0 Å².